The van der Waals surface area contributed by atoms with Crippen molar-refractivity contribution in [2.24, 2.45) is 5.73 Å². The minimum absolute atomic E-state index is 0.0742. The lowest BCUT2D eigenvalue weighted by Gasteiger charge is -2.10. The standard InChI is InChI=1S/C13H17FN2O2/c1-2-12(17)11(15)8-16-13(18)7-9-4-3-5-10(14)6-9/h3-6,11H,2,7-8,15H2,1H3,(H,16,18). The molecule has 0 saturated heterocycles. The topological polar surface area (TPSA) is 72.2 Å². The van der Waals surface area contributed by atoms with Gasteiger partial charge in [0, 0.05) is 13.0 Å². The second-order valence-electron chi connectivity index (χ2n) is 4.04. The molecule has 0 aliphatic carbocycles. The normalized spacial score (nSPS) is 11.9. The fourth-order valence-electron chi connectivity index (χ4n) is 1.49. The summed E-state index contributed by atoms with van der Waals surface area (Å²) in [6, 6.07) is 5.16. The molecular weight excluding hydrogens is 235 g/mol. The zero-order valence-electron chi connectivity index (χ0n) is 10.3. The molecule has 0 fully saturated rings. The molecule has 1 aromatic rings. The molecule has 0 bridgehead atoms. The van der Waals surface area contributed by atoms with Crippen LogP contribution >= 0.6 is 0 Å². The molecule has 0 saturated carbocycles. The zero-order valence-corrected chi connectivity index (χ0v) is 10.3. The average Bonchev–Trinajstić information content (AvgIpc) is 2.35. The summed E-state index contributed by atoms with van der Waals surface area (Å²) < 4.78 is 12.9. The first-order valence-electron chi connectivity index (χ1n) is 5.82. The van der Waals surface area contributed by atoms with Gasteiger partial charge in [0.25, 0.3) is 0 Å². The van der Waals surface area contributed by atoms with Gasteiger partial charge in [0.1, 0.15) is 5.82 Å². The van der Waals surface area contributed by atoms with E-state index in [1.54, 1.807) is 19.1 Å². The maximum absolute atomic E-state index is 12.9. The molecule has 1 rings (SSSR count). The summed E-state index contributed by atoms with van der Waals surface area (Å²) in [6.07, 6.45) is 0.422. The number of halogens is 1. The Bertz CT molecular complexity index is 435. The van der Waals surface area contributed by atoms with Gasteiger partial charge in [-0.25, -0.2) is 4.39 Å². The summed E-state index contributed by atoms with van der Waals surface area (Å²) in [7, 11) is 0. The highest BCUT2D eigenvalue weighted by molar-refractivity contribution is 5.85. The monoisotopic (exact) mass is 252 g/mol. The van der Waals surface area contributed by atoms with Gasteiger partial charge in [0.2, 0.25) is 5.91 Å². The fraction of sp³-hybridized carbons (Fsp3) is 0.385. The second kappa shape index (κ2) is 6.86. The van der Waals surface area contributed by atoms with E-state index in [4.69, 9.17) is 5.73 Å². The Labute approximate surface area is 105 Å². The molecule has 0 aromatic heterocycles. The highest BCUT2D eigenvalue weighted by Crippen LogP contribution is 2.04. The van der Waals surface area contributed by atoms with E-state index in [1.807, 2.05) is 0 Å². The molecule has 1 aromatic carbocycles. The van der Waals surface area contributed by atoms with Crippen LogP contribution in [0.25, 0.3) is 0 Å². The maximum atomic E-state index is 12.9. The number of hydrogen-bond acceptors (Lipinski definition) is 3. The third-order valence-corrected chi connectivity index (χ3v) is 2.53. The fourth-order valence-corrected chi connectivity index (χ4v) is 1.49. The van der Waals surface area contributed by atoms with Crippen molar-refractivity contribution in [3.05, 3.63) is 35.6 Å². The van der Waals surface area contributed by atoms with E-state index in [0.29, 0.717) is 12.0 Å². The number of hydrogen-bond donors (Lipinski definition) is 2. The van der Waals surface area contributed by atoms with Crippen LogP contribution < -0.4 is 11.1 Å². The first kappa shape index (κ1) is 14.3. The van der Waals surface area contributed by atoms with Gasteiger partial charge in [0.05, 0.1) is 12.5 Å². The molecule has 1 unspecified atom stereocenters. The summed E-state index contributed by atoms with van der Waals surface area (Å²) in [4.78, 5) is 22.7. The Morgan fingerprint density at radius 2 is 2.17 bits per heavy atom. The number of nitrogens with two attached hydrogens (primary N) is 1. The molecule has 1 amide bonds. The van der Waals surface area contributed by atoms with Gasteiger partial charge in [-0.15, -0.1) is 0 Å². The summed E-state index contributed by atoms with van der Waals surface area (Å²) in [6.45, 7) is 1.83. The van der Waals surface area contributed by atoms with E-state index in [1.165, 1.54) is 12.1 Å². The molecule has 0 heterocycles. The Balaban J connectivity index is 2.41. The number of nitrogens with one attached hydrogen (secondary N) is 1. The van der Waals surface area contributed by atoms with Gasteiger partial charge < -0.3 is 11.1 Å². The molecule has 0 aliphatic rings. The quantitative estimate of drug-likeness (QED) is 0.786. The molecule has 18 heavy (non-hydrogen) atoms. The molecule has 5 heteroatoms. The van der Waals surface area contributed by atoms with Crippen LogP contribution in [0.2, 0.25) is 0 Å². The van der Waals surface area contributed by atoms with Crippen molar-refractivity contribution in [2.75, 3.05) is 6.54 Å². The molecule has 0 radical (unpaired) electrons. The number of rotatable bonds is 6. The van der Waals surface area contributed by atoms with Crippen molar-refractivity contribution in [2.45, 2.75) is 25.8 Å². The molecule has 0 spiro atoms. The molecule has 98 valence electrons. The van der Waals surface area contributed by atoms with Gasteiger partial charge in [-0.2, -0.15) is 0 Å². The predicted molar refractivity (Wildman–Crippen MR) is 66.4 cm³/mol. The number of amides is 1. The van der Waals surface area contributed by atoms with Crippen LogP contribution in [0.15, 0.2) is 24.3 Å². The van der Waals surface area contributed by atoms with Gasteiger partial charge in [-0.3, -0.25) is 9.59 Å². The second-order valence-corrected chi connectivity index (χ2v) is 4.04. The van der Waals surface area contributed by atoms with E-state index in [-0.39, 0.29) is 30.5 Å². The smallest absolute Gasteiger partial charge is 0.224 e. The third kappa shape index (κ3) is 4.63. The highest BCUT2D eigenvalue weighted by atomic mass is 19.1. The largest absolute Gasteiger partial charge is 0.354 e. The Hall–Kier alpha value is -1.75. The zero-order chi connectivity index (χ0) is 13.5. The van der Waals surface area contributed by atoms with Crippen molar-refractivity contribution >= 4 is 11.7 Å². The first-order valence-corrected chi connectivity index (χ1v) is 5.82. The van der Waals surface area contributed by atoms with Crippen molar-refractivity contribution in [3.63, 3.8) is 0 Å². The summed E-state index contributed by atoms with van der Waals surface area (Å²) in [5, 5.41) is 2.56. The molecular formula is C13H17FN2O2. The highest BCUT2D eigenvalue weighted by Gasteiger charge is 2.12. The lowest BCUT2D eigenvalue weighted by Crippen LogP contribution is -2.42. The van der Waals surface area contributed by atoms with Crippen molar-refractivity contribution in [1.29, 1.82) is 0 Å². The molecule has 1 atom stereocenters. The number of Topliss-reactive ketones (excluding diaryl/α,β-unsaturated/α-hetero) is 1. The minimum atomic E-state index is -0.675. The van der Waals surface area contributed by atoms with E-state index in [0.717, 1.165) is 0 Å². The SMILES string of the molecule is CCC(=O)C(N)CNC(=O)Cc1cccc(F)c1. The van der Waals surface area contributed by atoms with Crippen molar-refractivity contribution in [3.8, 4) is 0 Å². The Morgan fingerprint density at radius 3 is 2.78 bits per heavy atom. The summed E-state index contributed by atoms with van der Waals surface area (Å²) >= 11 is 0. The van der Waals surface area contributed by atoms with E-state index >= 15 is 0 Å². The molecule has 4 nitrogen and oxygen atoms in total. The van der Waals surface area contributed by atoms with Crippen LogP contribution in [0.5, 0.6) is 0 Å². The third-order valence-electron chi connectivity index (χ3n) is 2.53. The first-order chi connectivity index (χ1) is 8.52. The summed E-state index contributed by atoms with van der Waals surface area (Å²) in [5.41, 5.74) is 6.16. The number of carbonyl (C=O) groups is 2. The van der Waals surface area contributed by atoms with Crippen LogP contribution in [0.3, 0.4) is 0 Å². The number of benzene rings is 1. The van der Waals surface area contributed by atoms with Crippen molar-refractivity contribution in [1.82, 2.24) is 5.32 Å². The number of carbonyl (C=O) groups excluding carboxylic acids is 2. The van der Waals surface area contributed by atoms with Crippen LogP contribution in [0.1, 0.15) is 18.9 Å². The lowest BCUT2D eigenvalue weighted by atomic mass is 10.1. The number of ketones is 1. The van der Waals surface area contributed by atoms with E-state index in [2.05, 4.69) is 5.32 Å². The van der Waals surface area contributed by atoms with Crippen LogP contribution in [0, 0.1) is 5.82 Å². The van der Waals surface area contributed by atoms with E-state index in [9.17, 15) is 14.0 Å². The van der Waals surface area contributed by atoms with Crippen LogP contribution in [0.4, 0.5) is 4.39 Å². The van der Waals surface area contributed by atoms with Gasteiger partial charge in [-0.05, 0) is 17.7 Å². The van der Waals surface area contributed by atoms with Gasteiger partial charge in [-0.1, -0.05) is 19.1 Å². The van der Waals surface area contributed by atoms with Gasteiger partial charge >= 0.3 is 0 Å². The minimum Gasteiger partial charge on any atom is -0.354 e. The molecule has 0 aliphatic heterocycles. The van der Waals surface area contributed by atoms with Gasteiger partial charge in [0.15, 0.2) is 5.78 Å². The maximum Gasteiger partial charge on any atom is 0.224 e. The Kier molecular flexibility index (Phi) is 5.45. The van der Waals surface area contributed by atoms with Crippen LogP contribution in [-0.4, -0.2) is 24.3 Å². The lowest BCUT2D eigenvalue weighted by molar-refractivity contribution is -0.121. The van der Waals surface area contributed by atoms with Crippen LogP contribution in [-0.2, 0) is 16.0 Å². The predicted octanol–water partition coefficient (Wildman–Crippen LogP) is 0.791. The average molecular weight is 252 g/mol. The summed E-state index contributed by atoms with van der Waals surface area (Å²) in [5.74, 6) is -0.751. The van der Waals surface area contributed by atoms with E-state index < -0.39 is 6.04 Å². The molecule has 3 N–H and O–H groups in total. The van der Waals surface area contributed by atoms with Crippen molar-refractivity contribution < 1.29 is 14.0 Å². The Morgan fingerprint density at radius 1 is 1.44 bits per heavy atom.